The summed E-state index contributed by atoms with van der Waals surface area (Å²) in [7, 11) is 0. The van der Waals surface area contributed by atoms with Gasteiger partial charge in [0.2, 0.25) is 0 Å². The second-order valence-electron chi connectivity index (χ2n) is 12.8. The van der Waals surface area contributed by atoms with Crippen molar-refractivity contribution in [1.29, 1.82) is 10.5 Å². The van der Waals surface area contributed by atoms with E-state index in [9.17, 15) is 20.4 Å². The van der Waals surface area contributed by atoms with E-state index in [2.05, 4.69) is 28.8 Å². The Labute approximate surface area is 299 Å². The molecule has 9 rings (SSSR count). The smallest absolute Gasteiger partial charge is 0.263 e. The number of aliphatic hydroxyl groups is 1. The van der Waals surface area contributed by atoms with E-state index in [1.165, 1.54) is 4.90 Å². The van der Waals surface area contributed by atoms with Gasteiger partial charge in [0, 0.05) is 21.9 Å². The molecule has 52 heavy (non-hydrogen) atoms. The summed E-state index contributed by atoms with van der Waals surface area (Å²) < 4.78 is 2.08. The summed E-state index contributed by atoms with van der Waals surface area (Å²) in [6.07, 6.45) is -1.19. The molecule has 7 aromatic carbocycles. The Balaban J connectivity index is 1.28. The third kappa shape index (κ3) is 4.71. The molecule has 0 bridgehead atoms. The number of nitrogens with zero attached hydrogens (tertiary/aromatic N) is 4. The number of rotatable bonds is 5. The fraction of sp³-hybridized carbons (Fsp3) is 0.0217. The highest BCUT2D eigenvalue weighted by molar-refractivity contribution is 6.17. The lowest BCUT2D eigenvalue weighted by Crippen LogP contribution is -2.28. The van der Waals surface area contributed by atoms with Crippen LogP contribution in [0.3, 0.4) is 0 Å². The molecule has 0 radical (unpaired) electrons. The van der Waals surface area contributed by atoms with Crippen molar-refractivity contribution in [3.8, 4) is 51.2 Å². The Bertz CT molecular complexity index is 2710. The van der Waals surface area contributed by atoms with Gasteiger partial charge in [0.15, 0.2) is 6.23 Å². The number of carbonyl (C=O) groups excluding carboxylic acids is 1. The summed E-state index contributed by atoms with van der Waals surface area (Å²) in [5, 5.41) is 33.5. The SMILES string of the molecule is N#Cc1ccccc1-c1ccc2c(c1)c1cc(-c3ccccc3C#N)ccc1n2-c1cccc2c1C(=O)N(c1ccccc1-c1ccccc1)C2O. The Morgan fingerprint density at radius 3 is 1.63 bits per heavy atom. The van der Waals surface area contributed by atoms with Gasteiger partial charge in [-0.2, -0.15) is 10.5 Å². The van der Waals surface area contributed by atoms with Gasteiger partial charge in [-0.05, 0) is 76.3 Å². The van der Waals surface area contributed by atoms with Crippen molar-refractivity contribution in [3.63, 3.8) is 0 Å². The first-order chi connectivity index (χ1) is 25.6. The van der Waals surface area contributed by atoms with Crippen LogP contribution < -0.4 is 4.90 Å². The van der Waals surface area contributed by atoms with E-state index < -0.39 is 6.23 Å². The number of benzene rings is 7. The Morgan fingerprint density at radius 1 is 0.519 bits per heavy atom. The minimum absolute atomic E-state index is 0.296. The maximum absolute atomic E-state index is 14.7. The Morgan fingerprint density at radius 2 is 1.04 bits per heavy atom. The van der Waals surface area contributed by atoms with Crippen LogP contribution in [0.25, 0.3) is 60.9 Å². The van der Waals surface area contributed by atoms with Gasteiger partial charge >= 0.3 is 0 Å². The second-order valence-corrected chi connectivity index (χ2v) is 12.8. The lowest BCUT2D eigenvalue weighted by atomic mass is 9.96. The van der Waals surface area contributed by atoms with Crippen molar-refractivity contribution in [2.24, 2.45) is 0 Å². The van der Waals surface area contributed by atoms with Crippen LogP contribution in [-0.2, 0) is 0 Å². The molecular weight excluding hydrogens is 641 g/mol. The van der Waals surface area contributed by atoms with Crippen LogP contribution in [0, 0.1) is 22.7 Å². The predicted molar refractivity (Wildman–Crippen MR) is 205 cm³/mol. The van der Waals surface area contributed by atoms with Gasteiger partial charge in [-0.1, -0.05) is 109 Å². The minimum atomic E-state index is -1.19. The largest absolute Gasteiger partial charge is 0.369 e. The van der Waals surface area contributed by atoms with Crippen LogP contribution in [0.2, 0.25) is 0 Å². The summed E-state index contributed by atoms with van der Waals surface area (Å²) in [5.41, 5.74) is 10.3. The molecule has 0 saturated carbocycles. The molecule has 1 N–H and O–H groups in total. The average Bonchev–Trinajstić information content (AvgIpc) is 3.67. The van der Waals surface area contributed by atoms with E-state index >= 15 is 0 Å². The van der Waals surface area contributed by atoms with Gasteiger partial charge in [0.25, 0.3) is 5.91 Å². The fourth-order valence-corrected chi connectivity index (χ4v) is 7.63. The summed E-state index contributed by atoms with van der Waals surface area (Å²) >= 11 is 0. The first kappa shape index (κ1) is 30.8. The van der Waals surface area contributed by atoms with Gasteiger partial charge in [-0.3, -0.25) is 9.69 Å². The molecule has 2 heterocycles. The van der Waals surface area contributed by atoms with Gasteiger partial charge in [-0.25, -0.2) is 0 Å². The fourth-order valence-electron chi connectivity index (χ4n) is 7.63. The molecule has 1 atom stereocenters. The highest BCUT2D eigenvalue weighted by atomic mass is 16.3. The Kier molecular flexibility index (Phi) is 7.26. The molecule has 0 saturated heterocycles. The first-order valence-corrected chi connectivity index (χ1v) is 16.9. The molecular formula is C46H28N4O2. The van der Waals surface area contributed by atoms with Crippen molar-refractivity contribution in [3.05, 3.63) is 180 Å². The normalized spacial score (nSPS) is 13.6. The number of aromatic nitrogens is 1. The first-order valence-electron chi connectivity index (χ1n) is 16.9. The zero-order valence-corrected chi connectivity index (χ0v) is 27.7. The highest BCUT2D eigenvalue weighted by Gasteiger charge is 2.40. The monoisotopic (exact) mass is 668 g/mol. The number of aliphatic hydroxyl groups excluding tert-OH is 1. The van der Waals surface area contributed by atoms with Crippen molar-refractivity contribution < 1.29 is 9.90 Å². The summed E-state index contributed by atoms with van der Waals surface area (Å²) in [6, 6.07) is 55.1. The molecule has 244 valence electrons. The quantitative estimate of drug-likeness (QED) is 0.198. The maximum Gasteiger partial charge on any atom is 0.263 e. The van der Waals surface area contributed by atoms with Crippen molar-refractivity contribution in [2.75, 3.05) is 4.90 Å². The standard InChI is InChI=1S/C46H28N4O2/c47-27-32-13-4-6-15-34(32)30-21-23-41-38(25-30)39-26-31(35-16-7-5-14-33(35)28-48)22-24-42(39)49(41)43-20-10-18-37-44(43)46(52)50(45(37)51)40-19-9-8-17-36(40)29-11-2-1-3-12-29/h1-26,45,51H. The van der Waals surface area contributed by atoms with E-state index in [-0.39, 0.29) is 5.91 Å². The molecule has 1 unspecified atom stereocenters. The van der Waals surface area contributed by atoms with E-state index in [1.807, 2.05) is 146 Å². The van der Waals surface area contributed by atoms with Crippen molar-refractivity contribution in [2.45, 2.75) is 6.23 Å². The number of carbonyl (C=O) groups is 1. The van der Waals surface area contributed by atoms with Crippen LogP contribution in [-0.4, -0.2) is 15.6 Å². The molecule has 1 aliphatic rings. The summed E-state index contributed by atoms with van der Waals surface area (Å²) in [4.78, 5) is 16.2. The van der Waals surface area contributed by atoms with Gasteiger partial charge < -0.3 is 9.67 Å². The molecule has 1 amide bonds. The summed E-state index contributed by atoms with van der Waals surface area (Å²) in [6.45, 7) is 0. The molecule has 8 aromatic rings. The number of nitriles is 2. The summed E-state index contributed by atoms with van der Waals surface area (Å²) in [5.74, 6) is -0.296. The van der Waals surface area contributed by atoms with Gasteiger partial charge in [0.1, 0.15) is 0 Å². The predicted octanol–water partition coefficient (Wildman–Crippen LogP) is 10.2. The third-order valence-electron chi connectivity index (χ3n) is 10.0. The van der Waals surface area contributed by atoms with Crippen LogP contribution in [0.4, 0.5) is 5.69 Å². The zero-order chi connectivity index (χ0) is 35.3. The van der Waals surface area contributed by atoms with E-state index in [0.717, 1.165) is 55.2 Å². The van der Waals surface area contributed by atoms with Crippen molar-refractivity contribution in [1.82, 2.24) is 4.57 Å². The Hall–Kier alpha value is -7.25. The second kappa shape index (κ2) is 12.3. The van der Waals surface area contributed by atoms with Crippen molar-refractivity contribution >= 4 is 33.4 Å². The molecule has 1 aliphatic heterocycles. The third-order valence-corrected chi connectivity index (χ3v) is 10.0. The highest BCUT2D eigenvalue weighted by Crippen LogP contribution is 2.45. The zero-order valence-electron chi connectivity index (χ0n) is 27.7. The van der Waals surface area contributed by atoms with Crippen LogP contribution in [0.1, 0.15) is 33.3 Å². The average molecular weight is 669 g/mol. The molecule has 0 spiro atoms. The molecule has 1 aromatic heterocycles. The maximum atomic E-state index is 14.7. The molecule has 6 heteroatoms. The van der Waals surface area contributed by atoms with Crippen LogP contribution >= 0.6 is 0 Å². The lowest BCUT2D eigenvalue weighted by Gasteiger charge is -2.24. The van der Waals surface area contributed by atoms with Crippen LogP contribution in [0.15, 0.2) is 158 Å². The topological polar surface area (TPSA) is 93.0 Å². The number of amides is 1. The van der Waals surface area contributed by atoms with Crippen LogP contribution in [0.5, 0.6) is 0 Å². The number of anilines is 1. The number of hydrogen-bond acceptors (Lipinski definition) is 4. The number of hydrogen-bond donors (Lipinski definition) is 1. The molecule has 0 fully saturated rings. The van der Waals surface area contributed by atoms with E-state index in [4.69, 9.17) is 0 Å². The van der Waals surface area contributed by atoms with Gasteiger partial charge in [-0.15, -0.1) is 0 Å². The molecule has 6 nitrogen and oxygen atoms in total. The minimum Gasteiger partial charge on any atom is -0.369 e. The van der Waals surface area contributed by atoms with Gasteiger partial charge in [0.05, 0.1) is 51.2 Å². The lowest BCUT2D eigenvalue weighted by molar-refractivity contribution is 0.0935. The molecule has 0 aliphatic carbocycles. The number of fused-ring (bicyclic) bond motifs is 4. The van der Waals surface area contributed by atoms with E-state index in [1.54, 1.807) is 0 Å². The van der Waals surface area contributed by atoms with E-state index in [0.29, 0.717) is 33.6 Å². The number of para-hydroxylation sites is 1.